The summed E-state index contributed by atoms with van der Waals surface area (Å²) >= 11 is 1.46. The Balaban J connectivity index is 1.61. The molecule has 1 heterocycles. The van der Waals surface area contributed by atoms with Crippen LogP contribution in [0.25, 0.3) is 20.2 Å². The van der Waals surface area contributed by atoms with E-state index in [4.69, 9.17) is 14.2 Å². The number of ether oxygens (including phenoxy) is 3. The molecule has 1 aromatic heterocycles. The van der Waals surface area contributed by atoms with Crippen molar-refractivity contribution < 1.29 is 23.8 Å². The van der Waals surface area contributed by atoms with Crippen molar-refractivity contribution in [1.29, 1.82) is 0 Å². The maximum atomic E-state index is 12.9. The Kier molecular flexibility index (Phi) is 6.61. The molecule has 0 amide bonds. The number of rotatable bonds is 7. The van der Waals surface area contributed by atoms with Crippen molar-refractivity contribution in [2.45, 2.75) is 19.8 Å². The third kappa shape index (κ3) is 5.00. The molecule has 0 spiro atoms. The average molecular weight is 412 g/mol. The number of benzene rings is 2. The van der Waals surface area contributed by atoms with Crippen LogP contribution in [0.3, 0.4) is 0 Å². The lowest BCUT2D eigenvalue weighted by molar-refractivity contribution is -0.139. The van der Waals surface area contributed by atoms with Crippen LogP contribution in [0.2, 0.25) is 0 Å². The van der Waals surface area contributed by atoms with Gasteiger partial charge in [-0.2, -0.15) is 0 Å². The van der Waals surface area contributed by atoms with Crippen LogP contribution in [0.4, 0.5) is 4.79 Å². The highest BCUT2D eigenvalue weighted by molar-refractivity contribution is 7.24. The van der Waals surface area contributed by atoms with Gasteiger partial charge in [0.15, 0.2) is 5.43 Å². The lowest BCUT2D eigenvalue weighted by Crippen LogP contribution is -2.14. The van der Waals surface area contributed by atoms with Gasteiger partial charge in [0.25, 0.3) is 0 Å². The number of carbonyl (C=O) groups is 2. The van der Waals surface area contributed by atoms with E-state index >= 15 is 0 Å². The first-order valence-electron chi connectivity index (χ1n) is 9.09. The highest BCUT2D eigenvalue weighted by atomic mass is 32.1. The quantitative estimate of drug-likeness (QED) is 0.182. The summed E-state index contributed by atoms with van der Waals surface area (Å²) in [6.45, 7) is 5.41. The van der Waals surface area contributed by atoms with E-state index in [9.17, 15) is 14.4 Å². The van der Waals surface area contributed by atoms with E-state index in [0.29, 0.717) is 29.2 Å². The number of hydrogen-bond acceptors (Lipinski definition) is 7. The van der Waals surface area contributed by atoms with E-state index in [0.717, 1.165) is 9.40 Å². The van der Waals surface area contributed by atoms with Crippen molar-refractivity contribution in [2.75, 3.05) is 13.2 Å². The van der Waals surface area contributed by atoms with Crippen LogP contribution in [0.5, 0.6) is 5.75 Å². The first-order chi connectivity index (χ1) is 14.0. The molecule has 0 aliphatic carbocycles. The molecule has 0 aliphatic rings. The molecule has 6 nitrogen and oxygen atoms in total. The van der Waals surface area contributed by atoms with E-state index in [1.807, 2.05) is 18.2 Å². The lowest BCUT2D eigenvalue weighted by atomic mass is 10.1. The van der Waals surface area contributed by atoms with Crippen molar-refractivity contribution in [1.82, 2.24) is 0 Å². The fourth-order valence-corrected chi connectivity index (χ4v) is 3.76. The Hall–Kier alpha value is -3.19. The predicted molar refractivity (Wildman–Crippen MR) is 113 cm³/mol. The van der Waals surface area contributed by atoms with Gasteiger partial charge in [-0.1, -0.05) is 24.8 Å². The highest BCUT2D eigenvalue weighted by Gasteiger charge is 2.14. The summed E-state index contributed by atoms with van der Waals surface area (Å²) in [4.78, 5) is 36.1. The molecule has 2 aromatic carbocycles. The fourth-order valence-electron chi connectivity index (χ4n) is 2.67. The summed E-state index contributed by atoms with van der Waals surface area (Å²) in [5, 5.41) is 0.943. The maximum Gasteiger partial charge on any atom is 0.513 e. The van der Waals surface area contributed by atoms with Crippen LogP contribution < -0.4 is 10.2 Å². The van der Waals surface area contributed by atoms with E-state index < -0.39 is 12.1 Å². The zero-order valence-electron chi connectivity index (χ0n) is 15.9. The van der Waals surface area contributed by atoms with Crippen LogP contribution in [0.15, 0.2) is 59.4 Å². The van der Waals surface area contributed by atoms with Gasteiger partial charge in [-0.05, 0) is 44.0 Å². The first kappa shape index (κ1) is 20.5. The molecular weight excluding hydrogens is 392 g/mol. The summed E-state index contributed by atoms with van der Waals surface area (Å²) < 4.78 is 16.9. The fraction of sp³-hybridized carbons (Fsp3) is 0.227. The zero-order chi connectivity index (χ0) is 20.8. The molecule has 29 heavy (non-hydrogen) atoms. The minimum Gasteiger partial charge on any atom is -0.462 e. The van der Waals surface area contributed by atoms with Gasteiger partial charge in [-0.3, -0.25) is 4.79 Å². The second-order valence-corrected chi connectivity index (χ2v) is 7.46. The Labute approximate surface area is 171 Å². The molecule has 0 unspecified atom stereocenters. The van der Waals surface area contributed by atoms with Gasteiger partial charge in [0.1, 0.15) is 5.75 Å². The van der Waals surface area contributed by atoms with Gasteiger partial charge >= 0.3 is 12.1 Å². The van der Waals surface area contributed by atoms with Crippen LogP contribution in [-0.4, -0.2) is 25.3 Å². The van der Waals surface area contributed by atoms with Crippen molar-refractivity contribution in [3.8, 4) is 5.75 Å². The maximum absolute atomic E-state index is 12.9. The van der Waals surface area contributed by atoms with Gasteiger partial charge in [0.2, 0.25) is 0 Å². The van der Waals surface area contributed by atoms with E-state index in [2.05, 4.69) is 6.58 Å². The molecule has 0 saturated carbocycles. The second-order valence-electron chi connectivity index (χ2n) is 6.38. The molecule has 0 fully saturated rings. The third-order valence-electron chi connectivity index (χ3n) is 4.10. The molecule has 0 radical (unpaired) electrons. The van der Waals surface area contributed by atoms with Crippen LogP contribution in [0.1, 0.15) is 19.8 Å². The Morgan fingerprint density at radius 2 is 1.66 bits per heavy atom. The summed E-state index contributed by atoms with van der Waals surface area (Å²) in [6.07, 6.45) is 0.168. The largest absolute Gasteiger partial charge is 0.513 e. The Morgan fingerprint density at radius 1 is 0.966 bits per heavy atom. The minimum atomic E-state index is -0.881. The van der Waals surface area contributed by atoms with Gasteiger partial charge in [0.05, 0.1) is 18.6 Å². The molecule has 150 valence electrons. The van der Waals surface area contributed by atoms with Gasteiger partial charge < -0.3 is 14.2 Å². The first-order valence-corrected chi connectivity index (χ1v) is 9.91. The van der Waals surface area contributed by atoms with Gasteiger partial charge in [0, 0.05) is 20.4 Å². The minimum absolute atomic E-state index is 0.115. The standard InChI is InChI=1S/C22H20O6S/c1-14(2)21(24)26-12-5-6-13-27-22(25)28-16-9-7-11-18-19(16)20(23)15-8-3-4-10-17(15)29-18/h3-4,7-11H,1,5-6,12-13H2,2H3. The molecule has 3 aromatic rings. The van der Waals surface area contributed by atoms with Crippen LogP contribution >= 0.6 is 11.3 Å². The molecule has 3 rings (SSSR count). The Bertz CT molecular complexity index is 1130. The molecule has 7 heteroatoms. The number of esters is 1. The number of unbranched alkanes of at least 4 members (excludes halogenated alkanes) is 1. The molecule has 0 aliphatic heterocycles. The molecule has 0 saturated heterocycles. The summed E-state index contributed by atoms with van der Waals surface area (Å²) in [5.41, 5.74) is 0.156. The molecular formula is C22H20O6S. The van der Waals surface area contributed by atoms with E-state index in [1.54, 1.807) is 31.2 Å². The van der Waals surface area contributed by atoms with Gasteiger partial charge in [-0.25, -0.2) is 9.59 Å². The van der Waals surface area contributed by atoms with Crippen molar-refractivity contribution in [3.63, 3.8) is 0 Å². The smallest absolute Gasteiger partial charge is 0.462 e. The van der Waals surface area contributed by atoms with Crippen molar-refractivity contribution in [2.24, 2.45) is 0 Å². The number of hydrogen-bond donors (Lipinski definition) is 0. The monoisotopic (exact) mass is 412 g/mol. The van der Waals surface area contributed by atoms with E-state index in [-0.39, 0.29) is 24.4 Å². The predicted octanol–water partition coefficient (Wildman–Crippen LogP) is 4.83. The van der Waals surface area contributed by atoms with Crippen molar-refractivity contribution >= 4 is 43.6 Å². The normalized spacial score (nSPS) is 10.7. The summed E-state index contributed by atoms with van der Waals surface area (Å²) in [6, 6.07) is 12.4. The topological polar surface area (TPSA) is 78.9 Å². The molecule has 0 atom stereocenters. The summed E-state index contributed by atoms with van der Waals surface area (Å²) in [7, 11) is 0. The zero-order valence-corrected chi connectivity index (χ0v) is 16.8. The van der Waals surface area contributed by atoms with Crippen molar-refractivity contribution in [3.05, 3.63) is 64.8 Å². The molecule has 0 bridgehead atoms. The summed E-state index contributed by atoms with van der Waals surface area (Å²) in [5.74, 6) is -0.266. The Morgan fingerprint density at radius 3 is 2.41 bits per heavy atom. The van der Waals surface area contributed by atoms with Crippen LogP contribution in [-0.2, 0) is 14.3 Å². The van der Waals surface area contributed by atoms with E-state index in [1.165, 1.54) is 11.3 Å². The number of carbonyl (C=O) groups excluding carboxylic acids is 2. The second kappa shape index (κ2) is 9.34. The lowest BCUT2D eigenvalue weighted by Gasteiger charge is -2.09. The third-order valence-corrected chi connectivity index (χ3v) is 5.24. The SMILES string of the molecule is C=C(C)C(=O)OCCCCOC(=O)Oc1cccc2sc3ccccc3c(=O)c12. The number of fused-ring (bicyclic) bond motifs is 2. The van der Waals surface area contributed by atoms with Crippen LogP contribution in [0, 0.1) is 0 Å². The molecule has 0 N–H and O–H groups in total. The average Bonchev–Trinajstić information content (AvgIpc) is 2.70. The van der Waals surface area contributed by atoms with Gasteiger partial charge in [-0.15, -0.1) is 11.3 Å². The highest BCUT2D eigenvalue weighted by Crippen LogP contribution is 2.30.